The zero-order chi connectivity index (χ0) is 19.4. The zero-order valence-electron chi connectivity index (χ0n) is 15.5. The number of thioether (sulfide) groups is 1. The molecule has 0 fully saturated rings. The molecule has 0 atom stereocenters. The largest absolute Gasteiger partial charge is 0.325 e. The molecule has 3 rings (SSSR count). The number of aryl methyl sites for hydroxylation is 2. The van der Waals surface area contributed by atoms with Crippen molar-refractivity contribution in [2.45, 2.75) is 32.5 Å². The summed E-state index contributed by atoms with van der Waals surface area (Å²) in [6.07, 6.45) is 0. The van der Waals surface area contributed by atoms with Crippen LogP contribution in [-0.2, 0) is 11.3 Å². The standard InChI is InChI=1S/C20H21FN4OS/c1-4-25-19(15-7-5-6-13(2)10-15)23-24-20(25)27-12-18(26)22-17-9-8-16(21)11-14(17)3/h5-11H,4,12H2,1-3H3,(H,22,26). The van der Waals surface area contributed by atoms with E-state index in [0.717, 1.165) is 17.0 Å². The van der Waals surface area contributed by atoms with E-state index in [-0.39, 0.29) is 17.5 Å². The van der Waals surface area contributed by atoms with Gasteiger partial charge in [-0.25, -0.2) is 4.39 Å². The number of hydrogen-bond donors (Lipinski definition) is 1. The number of nitrogens with one attached hydrogen (secondary N) is 1. The van der Waals surface area contributed by atoms with Crippen LogP contribution in [0.3, 0.4) is 0 Å². The van der Waals surface area contributed by atoms with Crippen LogP contribution in [0.5, 0.6) is 0 Å². The number of aromatic nitrogens is 3. The minimum absolute atomic E-state index is 0.169. The second-order valence-corrected chi connectivity index (χ2v) is 7.16. The van der Waals surface area contributed by atoms with Crippen LogP contribution >= 0.6 is 11.8 Å². The third kappa shape index (κ3) is 4.54. The van der Waals surface area contributed by atoms with Crippen molar-refractivity contribution in [1.82, 2.24) is 14.8 Å². The summed E-state index contributed by atoms with van der Waals surface area (Å²) in [6.45, 7) is 6.52. The van der Waals surface area contributed by atoms with Gasteiger partial charge in [-0.2, -0.15) is 0 Å². The Morgan fingerprint density at radius 2 is 2.00 bits per heavy atom. The van der Waals surface area contributed by atoms with E-state index < -0.39 is 0 Å². The summed E-state index contributed by atoms with van der Waals surface area (Å²) in [5, 5.41) is 12.1. The Hall–Kier alpha value is -2.67. The van der Waals surface area contributed by atoms with Crippen molar-refractivity contribution in [1.29, 1.82) is 0 Å². The van der Waals surface area contributed by atoms with Crippen molar-refractivity contribution in [3.8, 4) is 11.4 Å². The predicted octanol–water partition coefficient (Wildman–Crippen LogP) is 4.45. The fourth-order valence-corrected chi connectivity index (χ4v) is 3.56. The van der Waals surface area contributed by atoms with Gasteiger partial charge in [0.15, 0.2) is 11.0 Å². The minimum Gasteiger partial charge on any atom is -0.325 e. The third-order valence-corrected chi connectivity index (χ3v) is 5.07. The van der Waals surface area contributed by atoms with Crippen LogP contribution in [0.25, 0.3) is 11.4 Å². The van der Waals surface area contributed by atoms with Gasteiger partial charge in [-0.3, -0.25) is 4.79 Å². The molecule has 7 heteroatoms. The van der Waals surface area contributed by atoms with Gasteiger partial charge in [-0.15, -0.1) is 10.2 Å². The number of nitrogens with zero attached hydrogens (tertiary/aromatic N) is 3. The molecular formula is C20H21FN4OS. The van der Waals surface area contributed by atoms with Gasteiger partial charge in [0.25, 0.3) is 0 Å². The molecule has 1 aromatic heterocycles. The highest BCUT2D eigenvalue weighted by Gasteiger charge is 2.15. The lowest BCUT2D eigenvalue weighted by atomic mass is 10.1. The maximum absolute atomic E-state index is 13.2. The summed E-state index contributed by atoms with van der Waals surface area (Å²) in [5.74, 6) is 0.499. The van der Waals surface area contributed by atoms with Gasteiger partial charge in [0, 0.05) is 17.8 Å². The van der Waals surface area contributed by atoms with E-state index in [4.69, 9.17) is 0 Å². The summed E-state index contributed by atoms with van der Waals surface area (Å²) in [5.41, 5.74) is 3.45. The summed E-state index contributed by atoms with van der Waals surface area (Å²) in [7, 11) is 0. The van der Waals surface area contributed by atoms with Crippen molar-refractivity contribution in [3.63, 3.8) is 0 Å². The molecule has 140 valence electrons. The van der Waals surface area contributed by atoms with Gasteiger partial charge in [0.1, 0.15) is 5.82 Å². The van der Waals surface area contributed by atoms with E-state index in [0.29, 0.717) is 23.0 Å². The van der Waals surface area contributed by atoms with Gasteiger partial charge < -0.3 is 9.88 Å². The highest BCUT2D eigenvalue weighted by molar-refractivity contribution is 7.99. The summed E-state index contributed by atoms with van der Waals surface area (Å²) >= 11 is 1.33. The monoisotopic (exact) mass is 384 g/mol. The first-order valence-corrected chi connectivity index (χ1v) is 9.65. The van der Waals surface area contributed by atoms with Crippen LogP contribution in [0.2, 0.25) is 0 Å². The van der Waals surface area contributed by atoms with Crippen LogP contribution < -0.4 is 5.32 Å². The SMILES string of the molecule is CCn1c(SCC(=O)Nc2ccc(F)cc2C)nnc1-c1cccc(C)c1. The van der Waals surface area contributed by atoms with Gasteiger partial charge in [-0.05, 0) is 50.6 Å². The van der Waals surface area contributed by atoms with Gasteiger partial charge in [0.05, 0.1) is 5.75 Å². The molecule has 0 saturated carbocycles. The second kappa shape index (κ2) is 8.35. The van der Waals surface area contributed by atoms with Gasteiger partial charge >= 0.3 is 0 Å². The molecule has 0 unspecified atom stereocenters. The fraction of sp³-hybridized carbons (Fsp3) is 0.250. The molecule has 0 aliphatic carbocycles. The maximum Gasteiger partial charge on any atom is 0.234 e. The first-order chi connectivity index (χ1) is 13.0. The number of carbonyl (C=O) groups excluding carboxylic acids is 1. The Morgan fingerprint density at radius 3 is 2.70 bits per heavy atom. The molecule has 0 saturated heterocycles. The van der Waals surface area contributed by atoms with Crippen LogP contribution in [0.15, 0.2) is 47.6 Å². The maximum atomic E-state index is 13.2. The first-order valence-electron chi connectivity index (χ1n) is 8.67. The molecule has 0 spiro atoms. The van der Waals surface area contributed by atoms with Crippen molar-refractivity contribution < 1.29 is 9.18 Å². The third-order valence-electron chi connectivity index (χ3n) is 4.10. The molecular weight excluding hydrogens is 363 g/mol. The lowest BCUT2D eigenvalue weighted by Gasteiger charge is -2.09. The zero-order valence-corrected chi connectivity index (χ0v) is 16.3. The molecule has 0 radical (unpaired) electrons. The molecule has 0 aliphatic rings. The van der Waals surface area contributed by atoms with Crippen molar-refractivity contribution >= 4 is 23.4 Å². The Labute approximate surface area is 162 Å². The lowest BCUT2D eigenvalue weighted by Crippen LogP contribution is -2.15. The number of benzene rings is 2. The fourth-order valence-electron chi connectivity index (χ4n) is 2.76. The topological polar surface area (TPSA) is 59.8 Å². The molecule has 1 amide bonds. The number of halogens is 1. The molecule has 27 heavy (non-hydrogen) atoms. The average molecular weight is 384 g/mol. The molecule has 3 aromatic rings. The number of hydrogen-bond acceptors (Lipinski definition) is 4. The summed E-state index contributed by atoms with van der Waals surface area (Å²) in [6, 6.07) is 12.4. The van der Waals surface area contributed by atoms with Gasteiger partial charge in [0.2, 0.25) is 5.91 Å². The normalized spacial score (nSPS) is 10.8. The highest BCUT2D eigenvalue weighted by Crippen LogP contribution is 2.25. The average Bonchev–Trinajstić information content (AvgIpc) is 3.05. The Bertz CT molecular complexity index is 970. The number of carbonyl (C=O) groups is 1. The summed E-state index contributed by atoms with van der Waals surface area (Å²) < 4.78 is 15.2. The smallest absolute Gasteiger partial charge is 0.234 e. The first kappa shape index (κ1) is 19.1. The number of anilines is 1. The number of amides is 1. The van der Waals surface area contributed by atoms with E-state index >= 15 is 0 Å². The van der Waals surface area contributed by atoms with Crippen LogP contribution in [0, 0.1) is 19.7 Å². The molecule has 1 N–H and O–H groups in total. The quantitative estimate of drug-likeness (QED) is 0.638. The van der Waals surface area contributed by atoms with Crippen LogP contribution in [0.4, 0.5) is 10.1 Å². The molecule has 0 bridgehead atoms. The van der Waals surface area contributed by atoms with Crippen LogP contribution in [0.1, 0.15) is 18.1 Å². The van der Waals surface area contributed by atoms with E-state index in [2.05, 4.69) is 21.6 Å². The van der Waals surface area contributed by atoms with E-state index in [9.17, 15) is 9.18 Å². The van der Waals surface area contributed by atoms with E-state index in [1.807, 2.05) is 36.6 Å². The number of rotatable bonds is 6. The Balaban J connectivity index is 1.70. The molecule has 0 aliphatic heterocycles. The predicted molar refractivity (Wildman–Crippen MR) is 106 cm³/mol. The molecule has 1 heterocycles. The lowest BCUT2D eigenvalue weighted by molar-refractivity contribution is -0.113. The molecule has 5 nitrogen and oxygen atoms in total. The highest BCUT2D eigenvalue weighted by atomic mass is 32.2. The van der Waals surface area contributed by atoms with Crippen molar-refractivity contribution in [3.05, 3.63) is 59.4 Å². The van der Waals surface area contributed by atoms with Crippen molar-refractivity contribution in [2.24, 2.45) is 0 Å². The Morgan fingerprint density at radius 1 is 1.19 bits per heavy atom. The van der Waals surface area contributed by atoms with E-state index in [1.54, 1.807) is 13.0 Å². The molecule has 2 aromatic carbocycles. The van der Waals surface area contributed by atoms with Gasteiger partial charge in [-0.1, -0.05) is 35.5 Å². The Kier molecular flexibility index (Phi) is 5.91. The van der Waals surface area contributed by atoms with E-state index in [1.165, 1.54) is 23.9 Å². The second-order valence-electron chi connectivity index (χ2n) is 6.22. The minimum atomic E-state index is -0.320. The van der Waals surface area contributed by atoms with Crippen LogP contribution in [-0.4, -0.2) is 26.4 Å². The van der Waals surface area contributed by atoms with Crippen molar-refractivity contribution in [2.75, 3.05) is 11.1 Å². The summed E-state index contributed by atoms with van der Waals surface area (Å²) in [4.78, 5) is 12.3.